The summed E-state index contributed by atoms with van der Waals surface area (Å²) in [4.78, 5) is 11.5. The average molecular weight is 430 g/mol. The molecule has 30 heavy (non-hydrogen) atoms. The predicted octanol–water partition coefficient (Wildman–Crippen LogP) is 0.316. The molecule has 1 atom stereocenters. The Bertz CT molecular complexity index is 1150. The number of rotatable bonds is 7. The Balaban J connectivity index is 0.00000240. The first-order valence-corrected chi connectivity index (χ1v) is 10.3. The Labute approximate surface area is 199 Å². The van der Waals surface area contributed by atoms with Gasteiger partial charge in [0.2, 0.25) is 10.0 Å². The number of hydrogen-bond donors (Lipinski definition) is 2. The van der Waals surface area contributed by atoms with Crippen LogP contribution >= 0.6 is 0 Å². The fourth-order valence-corrected chi connectivity index (χ4v) is 4.04. The summed E-state index contributed by atoms with van der Waals surface area (Å²) in [6.45, 7) is 0. The zero-order chi connectivity index (χ0) is 20.9. The number of carboxylic acid groups (broad SMARTS) is 1. The maximum Gasteiger partial charge on any atom is 1.00 e. The molecule has 3 aromatic carbocycles. The van der Waals surface area contributed by atoms with Crippen molar-refractivity contribution < 1.29 is 49.3 Å². The van der Waals surface area contributed by atoms with E-state index in [0.29, 0.717) is 5.56 Å². The number of carboxylic acids is 1. The number of benzene rings is 3. The van der Waals surface area contributed by atoms with Gasteiger partial charge in [0.25, 0.3) is 0 Å². The van der Waals surface area contributed by atoms with Crippen LogP contribution in [0.5, 0.6) is 0 Å². The molecule has 0 saturated heterocycles. The molecular formula is C22H19N2NaO4S. The van der Waals surface area contributed by atoms with Crippen LogP contribution in [0.4, 0.5) is 0 Å². The SMILES string of the molecule is N#Cc1ccc(-c2ccc(S(=O)(=O)NC(Cc3ccccc3)C(=O)O)cc2)cc1.[H-].[Na+]. The second-order valence-corrected chi connectivity index (χ2v) is 8.13. The van der Waals surface area contributed by atoms with Crippen LogP contribution in [0.25, 0.3) is 11.1 Å². The second-order valence-electron chi connectivity index (χ2n) is 6.42. The Morgan fingerprint density at radius 2 is 1.50 bits per heavy atom. The van der Waals surface area contributed by atoms with E-state index in [1.807, 2.05) is 6.07 Å². The summed E-state index contributed by atoms with van der Waals surface area (Å²) < 4.78 is 27.6. The quantitative estimate of drug-likeness (QED) is 0.525. The van der Waals surface area contributed by atoms with Crippen molar-refractivity contribution >= 4 is 16.0 Å². The Kier molecular flexibility index (Phi) is 8.35. The van der Waals surface area contributed by atoms with Gasteiger partial charge in [0.15, 0.2) is 0 Å². The van der Waals surface area contributed by atoms with Gasteiger partial charge in [-0.25, -0.2) is 8.42 Å². The number of aliphatic carboxylic acids is 1. The largest absolute Gasteiger partial charge is 1.00 e. The van der Waals surface area contributed by atoms with Crippen LogP contribution in [0.3, 0.4) is 0 Å². The monoisotopic (exact) mass is 430 g/mol. The van der Waals surface area contributed by atoms with Crippen molar-refractivity contribution in [2.45, 2.75) is 17.4 Å². The van der Waals surface area contributed by atoms with E-state index in [1.54, 1.807) is 66.7 Å². The maximum atomic E-state index is 12.7. The molecule has 0 aromatic heterocycles. The van der Waals surface area contributed by atoms with Crippen LogP contribution < -0.4 is 34.3 Å². The van der Waals surface area contributed by atoms with E-state index in [2.05, 4.69) is 4.72 Å². The molecule has 0 radical (unpaired) electrons. The first-order chi connectivity index (χ1) is 13.9. The van der Waals surface area contributed by atoms with Gasteiger partial charge in [-0.1, -0.05) is 54.6 Å². The molecule has 3 rings (SSSR count). The molecule has 8 heteroatoms. The number of hydrogen-bond acceptors (Lipinski definition) is 4. The van der Waals surface area contributed by atoms with E-state index in [0.717, 1.165) is 16.7 Å². The molecule has 0 spiro atoms. The topological polar surface area (TPSA) is 107 Å². The van der Waals surface area contributed by atoms with Crippen molar-refractivity contribution in [1.82, 2.24) is 4.72 Å². The van der Waals surface area contributed by atoms with Crippen molar-refractivity contribution in [2.75, 3.05) is 0 Å². The van der Waals surface area contributed by atoms with Crippen molar-refractivity contribution in [3.8, 4) is 17.2 Å². The Hall–Kier alpha value is -2.47. The van der Waals surface area contributed by atoms with Gasteiger partial charge in [0, 0.05) is 0 Å². The van der Waals surface area contributed by atoms with Crippen LogP contribution in [0.1, 0.15) is 12.6 Å². The third kappa shape index (κ3) is 6.02. The molecule has 0 heterocycles. The fraction of sp³-hybridized carbons (Fsp3) is 0.0909. The van der Waals surface area contributed by atoms with E-state index in [9.17, 15) is 18.3 Å². The van der Waals surface area contributed by atoms with Gasteiger partial charge in [0.05, 0.1) is 16.5 Å². The summed E-state index contributed by atoms with van der Waals surface area (Å²) in [6.07, 6.45) is 0.0404. The number of nitrogens with zero attached hydrogens (tertiary/aromatic N) is 1. The summed E-state index contributed by atoms with van der Waals surface area (Å²) in [5, 5.41) is 18.3. The van der Waals surface area contributed by atoms with Crippen molar-refractivity contribution in [1.29, 1.82) is 5.26 Å². The van der Waals surface area contributed by atoms with Crippen molar-refractivity contribution in [3.63, 3.8) is 0 Å². The molecule has 3 aromatic rings. The van der Waals surface area contributed by atoms with Crippen LogP contribution in [0.2, 0.25) is 0 Å². The van der Waals surface area contributed by atoms with Gasteiger partial charge < -0.3 is 6.53 Å². The van der Waals surface area contributed by atoms with Gasteiger partial charge >= 0.3 is 35.5 Å². The third-order valence-electron chi connectivity index (χ3n) is 4.39. The minimum absolute atomic E-state index is 0. The molecule has 2 N–H and O–H groups in total. The standard InChI is InChI=1S/C22H18N2O4S.Na.H/c23-15-17-6-8-18(9-7-17)19-10-12-20(13-11-19)29(27,28)24-21(22(25)26)14-16-4-2-1-3-5-16;;/h1-13,21,24H,14H2,(H,25,26);;/q;+1;-1. The summed E-state index contributed by atoms with van der Waals surface area (Å²) >= 11 is 0. The molecule has 0 saturated carbocycles. The average Bonchev–Trinajstić information content (AvgIpc) is 2.74. The summed E-state index contributed by atoms with van der Waals surface area (Å²) in [7, 11) is -4.01. The molecule has 1 unspecified atom stereocenters. The van der Waals surface area contributed by atoms with Crippen LogP contribution in [0.15, 0.2) is 83.8 Å². The summed E-state index contributed by atoms with van der Waals surface area (Å²) in [5.74, 6) is -1.24. The molecule has 6 nitrogen and oxygen atoms in total. The maximum absolute atomic E-state index is 12.7. The van der Waals surface area contributed by atoms with Crippen molar-refractivity contribution in [3.05, 3.63) is 90.0 Å². The van der Waals surface area contributed by atoms with E-state index in [4.69, 9.17) is 5.26 Å². The predicted molar refractivity (Wildman–Crippen MR) is 110 cm³/mol. The number of nitrogens with one attached hydrogen (secondary N) is 1. The first kappa shape index (κ1) is 23.8. The molecule has 0 amide bonds. The van der Waals surface area contributed by atoms with Gasteiger partial charge in [-0.3, -0.25) is 4.79 Å². The Morgan fingerprint density at radius 3 is 2.00 bits per heavy atom. The van der Waals surface area contributed by atoms with E-state index < -0.39 is 22.0 Å². The third-order valence-corrected chi connectivity index (χ3v) is 5.88. The number of nitriles is 1. The molecule has 0 aliphatic carbocycles. The molecule has 0 aliphatic rings. The van der Waals surface area contributed by atoms with Crippen LogP contribution in [0, 0.1) is 11.3 Å². The molecular weight excluding hydrogens is 411 g/mol. The normalized spacial score (nSPS) is 11.7. The minimum Gasteiger partial charge on any atom is -1.00 e. The minimum atomic E-state index is -4.01. The van der Waals surface area contributed by atoms with Crippen LogP contribution in [-0.4, -0.2) is 25.5 Å². The number of sulfonamides is 1. The zero-order valence-corrected chi connectivity index (χ0v) is 19.1. The summed E-state index contributed by atoms with van der Waals surface area (Å²) in [6, 6.07) is 22.7. The van der Waals surface area contributed by atoms with E-state index >= 15 is 0 Å². The van der Waals surface area contributed by atoms with E-state index in [1.165, 1.54) is 12.1 Å². The fourth-order valence-electron chi connectivity index (χ4n) is 2.85. The van der Waals surface area contributed by atoms with Gasteiger partial charge in [-0.2, -0.15) is 9.98 Å². The Morgan fingerprint density at radius 1 is 0.967 bits per heavy atom. The first-order valence-electron chi connectivity index (χ1n) is 8.79. The van der Waals surface area contributed by atoms with E-state index in [-0.39, 0.29) is 42.3 Å². The smallest absolute Gasteiger partial charge is 1.00 e. The molecule has 148 valence electrons. The summed E-state index contributed by atoms with van der Waals surface area (Å²) in [5.41, 5.74) is 2.88. The zero-order valence-electron chi connectivity index (χ0n) is 17.3. The van der Waals surface area contributed by atoms with Gasteiger partial charge in [0.1, 0.15) is 6.04 Å². The molecule has 0 aliphatic heterocycles. The molecule has 0 fully saturated rings. The van der Waals surface area contributed by atoms with Crippen LogP contribution in [-0.2, 0) is 21.2 Å². The molecule has 0 bridgehead atoms. The van der Waals surface area contributed by atoms with Gasteiger partial charge in [-0.15, -0.1) is 0 Å². The van der Waals surface area contributed by atoms with Gasteiger partial charge in [-0.05, 0) is 47.4 Å². The second kappa shape index (κ2) is 10.5. The number of carbonyl (C=O) groups is 1. The van der Waals surface area contributed by atoms with Crippen molar-refractivity contribution in [2.24, 2.45) is 0 Å².